The Morgan fingerprint density at radius 3 is 2.96 bits per heavy atom. The van der Waals surface area contributed by atoms with Crippen LogP contribution in [0, 0.1) is 0 Å². The highest BCUT2D eigenvalue weighted by Crippen LogP contribution is 2.28. The predicted octanol–water partition coefficient (Wildman–Crippen LogP) is 4.66. The molecule has 0 fully saturated rings. The number of imidazole rings is 1. The van der Waals surface area contributed by atoms with E-state index in [2.05, 4.69) is 16.3 Å². The molecule has 0 aliphatic carbocycles. The molecule has 0 aliphatic rings. The lowest BCUT2D eigenvalue weighted by molar-refractivity contribution is 0.294. The number of aromatic nitrogens is 3. The van der Waals surface area contributed by atoms with Gasteiger partial charge in [0.2, 0.25) is 5.88 Å². The second kappa shape index (κ2) is 7.19. The van der Waals surface area contributed by atoms with Crippen LogP contribution < -0.4 is 4.74 Å². The summed E-state index contributed by atoms with van der Waals surface area (Å²) in [5, 5.41) is 5.63. The third-order valence-electron chi connectivity index (χ3n) is 4.01. The summed E-state index contributed by atoms with van der Waals surface area (Å²) in [6.07, 6.45) is 6.08. The lowest BCUT2D eigenvalue weighted by Crippen LogP contribution is -2.03. The van der Waals surface area contributed by atoms with Crippen molar-refractivity contribution in [2.75, 3.05) is 18.6 Å². The molecule has 0 N–H and O–H groups in total. The van der Waals surface area contributed by atoms with Gasteiger partial charge in [0.1, 0.15) is 11.3 Å². The highest BCUT2D eigenvalue weighted by atomic mass is 32.2. The number of benzene rings is 1. The molecule has 25 heavy (non-hydrogen) atoms. The van der Waals surface area contributed by atoms with Crippen LogP contribution in [-0.4, -0.2) is 33.2 Å². The van der Waals surface area contributed by atoms with Crippen LogP contribution in [0.5, 0.6) is 5.88 Å². The highest BCUT2D eigenvalue weighted by molar-refractivity contribution is 7.98. The Morgan fingerprint density at radius 1 is 1.16 bits per heavy atom. The third kappa shape index (κ3) is 3.35. The van der Waals surface area contributed by atoms with Gasteiger partial charge in [-0.1, -0.05) is 18.2 Å². The van der Waals surface area contributed by atoms with E-state index in [4.69, 9.17) is 9.15 Å². The minimum absolute atomic E-state index is 0.604. The van der Waals surface area contributed by atoms with E-state index in [1.165, 1.54) is 0 Å². The Morgan fingerprint density at radius 2 is 2.08 bits per heavy atom. The summed E-state index contributed by atoms with van der Waals surface area (Å²) in [4.78, 5) is 4.41. The van der Waals surface area contributed by atoms with Gasteiger partial charge < -0.3 is 9.15 Å². The summed E-state index contributed by atoms with van der Waals surface area (Å²) in [6, 6.07) is 13.7. The number of fused-ring (bicyclic) bond motifs is 2. The number of hydrogen-bond donors (Lipinski definition) is 0. The number of hydrogen-bond acceptors (Lipinski definition) is 5. The van der Waals surface area contributed by atoms with Crippen LogP contribution in [0.4, 0.5) is 0 Å². The van der Waals surface area contributed by atoms with E-state index in [0.29, 0.717) is 12.5 Å². The zero-order chi connectivity index (χ0) is 17.1. The molecule has 0 saturated carbocycles. The highest BCUT2D eigenvalue weighted by Gasteiger charge is 2.13. The van der Waals surface area contributed by atoms with Gasteiger partial charge in [0.25, 0.3) is 0 Å². The smallest absolute Gasteiger partial charge is 0.231 e. The van der Waals surface area contributed by atoms with Gasteiger partial charge in [0.05, 0.1) is 12.8 Å². The molecule has 0 radical (unpaired) electrons. The number of ether oxygens (including phenoxy) is 1. The molecule has 128 valence electrons. The standard InChI is InChI=1S/C19H19N3O2S/c1-25-11-5-4-10-23-19-9-8-18-20-13-15(22(18)21-19)17-12-14-6-2-3-7-16(14)24-17/h2-3,6-9,12-13H,4-5,10-11H2,1H3. The number of nitrogens with zero attached hydrogens (tertiary/aromatic N) is 3. The van der Waals surface area contributed by atoms with Gasteiger partial charge in [-0.2, -0.15) is 11.8 Å². The van der Waals surface area contributed by atoms with E-state index < -0.39 is 0 Å². The molecule has 1 aromatic carbocycles. The Labute approximate surface area is 150 Å². The second-order valence-corrected chi connectivity index (χ2v) is 6.77. The Balaban J connectivity index is 1.60. The molecule has 0 spiro atoms. The van der Waals surface area contributed by atoms with E-state index in [0.717, 1.165) is 46.7 Å². The maximum Gasteiger partial charge on any atom is 0.231 e. The van der Waals surface area contributed by atoms with Gasteiger partial charge in [-0.05, 0) is 43.0 Å². The van der Waals surface area contributed by atoms with E-state index in [9.17, 15) is 0 Å². The van der Waals surface area contributed by atoms with Crippen LogP contribution in [0.25, 0.3) is 28.1 Å². The van der Waals surface area contributed by atoms with Crippen molar-refractivity contribution in [3.8, 4) is 17.3 Å². The van der Waals surface area contributed by atoms with Crippen molar-refractivity contribution in [3.05, 3.63) is 48.7 Å². The molecule has 3 aromatic heterocycles. The number of thioether (sulfide) groups is 1. The lowest BCUT2D eigenvalue weighted by atomic mass is 10.2. The topological polar surface area (TPSA) is 52.6 Å². The largest absolute Gasteiger partial charge is 0.477 e. The average molecular weight is 353 g/mol. The number of rotatable bonds is 7. The van der Waals surface area contributed by atoms with Crippen molar-refractivity contribution in [2.45, 2.75) is 12.8 Å². The molecule has 5 nitrogen and oxygen atoms in total. The normalized spacial score (nSPS) is 11.4. The summed E-state index contributed by atoms with van der Waals surface area (Å²) < 4.78 is 13.5. The SMILES string of the molecule is CSCCCCOc1ccc2ncc(-c3cc4ccccc4o3)n2n1. The zero-order valence-electron chi connectivity index (χ0n) is 14.0. The maximum absolute atomic E-state index is 5.94. The Kier molecular flexibility index (Phi) is 4.61. The van der Waals surface area contributed by atoms with Crippen LogP contribution >= 0.6 is 11.8 Å². The molecule has 4 rings (SSSR count). The third-order valence-corrected chi connectivity index (χ3v) is 4.71. The monoisotopic (exact) mass is 353 g/mol. The molecule has 0 unspecified atom stereocenters. The first kappa shape index (κ1) is 16.0. The molecular formula is C19H19N3O2S. The van der Waals surface area contributed by atoms with Gasteiger partial charge in [-0.25, -0.2) is 9.50 Å². The molecule has 6 heteroatoms. The lowest BCUT2D eigenvalue weighted by Gasteiger charge is -2.05. The van der Waals surface area contributed by atoms with Crippen molar-refractivity contribution < 1.29 is 9.15 Å². The second-order valence-electron chi connectivity index (χ2n) is 5.78. The van der Waals surface area contributed by atoms with Crippen LogP contribution in [0.2, 0.25) is 0 Å². The van der Waals surface area contributed by atoms with Crippen molar-refractivity contribution in [3.63, 3.8) is 0 Å². The van der Waals surface area contributed by atoms with Gasteiger partial charge >= 0.3 is 0 Å². The van der Waals surface area contributed by atoms with Gasteiger partial charge in [-0.15, -0.1) is 5.10 Å². The van der Waals surface area contributed by atoms with E-state index in [-0.39, 0.29) is 0 Å². The molecule has 0 amide bonds. The first-order valence-corrected chi connectivity index (χ1v) is 9.70. The molecule has 0 atom stereocenters. The van der Waals surface area contributed by atoms with E-state index in [1.54, 1.807) is 10.7 Å². The first-order chi connectivity index (χ1) is 12.3. The molecular weight excluding hydrogens is 334 g/mol. The molecule has 4 aromatic rings. The fraction of sp³-hybridized carbons (Fsp3) is 0.263. The van der Waals surface area contributed by atoms with Crippen LogP contribution in [0.3, 0.4) is 0 Å². The minimum Gasteiger partial charge on any atom is -0.477 e. The van der Waals surface area contributed by atoms with Gasteiger partial charge in [0.15, 0.2) is 11.4 Å². The Hall–Kier alpha value is -2.47. The molecule has 0 aliphatic heterocycles. The van der Waals surface area contributed by atoms with Gasteiger partial charge in [-0.3, -0.25) is 0 Å². The van der Waals surface area contributed by atoms with Crippen molar-refractivity contribution in [1.82, 2.24) is 14.6 Å². The summed E-state index contributed by atoms with van der Waals surface area (Å²) in [5.74, 6) is 2.51. The summed E-state index contributed by atoms with van der Waals surface area (Å²) in [7, 11) is 0. The maximum atomic E-state index is 5.94. The van der Waals surface area contributed by atoms with Gasteiger partial charge in [0, 0.05) is 11.5 Å². The predicted molar refractivity (Wildman–Crippen MR) is 101 cm³/mol. The van der Waals surface area contributed by atoms with Crippen LogP contribution in [0.1, 0.15) is 12.8 Å². The zero-order valence-corrected chi connectivity index (χ0v) is 14.8. The van der Waals surface area contributed by atoms with Crippen LogP contribution in [-0.2, 0) is 0 Å². The van der Waals surface area contributed by atoms with Crippen LogP contribution in [0.15, 0.2) is 53.1 Å². The summed E-state index contributed by atoms with van der Waals surface area (Å²) in [6.45, 7) is 0.674. The quantitative estimate of drug-likeness (QED) is 0.452. The number of unbranched alkanes of at least 4 members (excludes halogenated alkanes) is 1. The first-order valence-electron chi connectivity index (χ1n) is 8.30. The minimum atomic E-state index is 0.604. The fourth-order valence-electron chi connectivity index (χ4n) is 2.73. The number of para-hydroxylation sites is 1. The molecule has 0 bridgehead atoms. The summed E-state index contributed by atoms with van der Waals surface area (Å²) >= 11 is 1.86. The Bertz CT molecular complexity index is 960. The fourth-order valence-corrected chi connectivity index (χ4v) is 3.23. The molecule has 0 saturated heterocycles. The van der Waals surface area contributed by atoms with E-state index >= 15 is 0 Å². The van der Waals surface area contributed by atoms with Crippen molar-refractivity contribution in [2.24, 2.45) is 0 Å². The average Bonchev–Trinajstić information content (AvgIpc) is 3.24. The van der Waals surface area contributed by atoms with Crippen molar-refractivity contribution in [1.29, 1.82) is 0 Å². The summed E-state index contributed by atoms with van der Waals surface area (Å²) in [5.41, 5.74) is 2.44. The van der Waals surface area contributed by atoms with Crippen molar-refractivity contribution >= 4 is 28.4 Å². The molecule has 3 heterocycles. The number of furan rings is 1. The van der Waals surface area contributed by atoms with E-state index in [1.807, 2.05) is 54.2 Å².